The minimum atomic E-state index is -0.160. The zero-order valence-corrected chi connectivity index (χ0v) is 18.9. The van der Waals surface area contributed by atoms with Crippen LogP contribution in [0.2, 0.25) is 0 Å². The van der Waals surface area contributed by atoms with E-state index in [0.717, 1.165) is 52.2 Å². The third-order valence-corrected chi connectivity index (χ3v) is 6.36. The summed E-state index contributed by atoms with van der Waals surface area (Å²) in [5.74, 6) is 2.16. The van der Waals surface area contributed by atoms with Crippen LogP contribution in [0, 0.1) is 0 Å². The van der Waals surface area contributed by atoms with Crippen LogP contribution in [0.25, 0.3) is 0 Å². The maximum atomic E-state index is 13.0. The van der Waals surface area contributed by atoms with Crippen molar-refractivity contribution in [3.05, 3.63) is 94.7 Å². The Labute approximate surface area is 194 Å². The second kappa shape index (κ2) is 9.02. The van der Waals surface area contributed by atoms with Gasteiger partial charge in [-0.1, -0.05) is 42.5 Å². The Balaban J connectivity index is 1.51. The number of hydrogen-bond acceptors (Lipinski definition) is 5. The summed E-state index contributed by atoms with van der Waals surface area (Å²) in [5.41, 5.74) is 6.02. The van der Waals surface area contributed by atoms with Gasteiger partial charge in [-0.3, -0.25) is 4.79 Å². The molecule has 0 fully saturated rings. The zero-order chi connectivity index (χ0) is 22.8. The van der Waals surface area contributed by atoms with Gasteiger partial charge in [0.1, 0.15) is 12.4 Å². The number of methoxy groups -OCH3 is 2. The summed E-state index contributed by atoms with van der Waals surface area (Å²) in [6.07, 6.45) is 2.31. The number of anilines is 1. The fourth-order valence-electron chi connectivity index (χ4n) is 4.73. The Morgan fingerprint density at radius 1 is 0.909 bits per heavy atom. The van der Waals surface area contributed by atoms with Crippen LogP contribution in [-0.2, 0) is 11.4 Å². The molecule has 1 aliphatic heterocycles. The molecule has 0 bridgehead atoms. The molecular formula is C28H27NO4. The third-order valence-electron chi connectivity index (χ3n) is 6.36. The number of carbonyl (C=O) groups excluding carboxylic acids is 1. The smallest absolute Gasteiger partial charge is 0.162 e. The second-order valence-corrected chi connectivity index (χ2v) is 8.36. The Bertz CT molecular complexity index is 1200. The Kier molecular flexibility index (Phi) is 5.78. The summed E-state index contributed by atoms with van der Waals surface area (Å²) in [6.45, 7) is 0.515. The van der Waals surface area contributed by atoms with E-state index in [-0.39, 0.29) is 11.7 Å². The van der Waals surface area contributed by atoms with Gasteiger partial charge < -0.3 is 19.5 Å². The van der Waals surface area contributed by atoms with Gasteiger partial charge in [0.2, 0.25) is 0 Å². The van der Waals surface area contributed by atoms with Crippen LogP contribution in [0.5, 0.6) is 17.2 Å². The molecule has 1 N–H and O–H groups in total. The minimum Gasteiger partial charge on any atom is -0.493 e. The van der Waals surface area contributed by atoms with E-state index >= 15 is 0 Å². The summed E-state index contributed by atoms with van der Waals surface area (Å²) in [6, 6.07) is 22.1. The molecule has 0 amide bonds. The van der Waals surface area contributed by atoms with Crippen molar-refractivity contribution in [2.24, 2.45) is 0 Å². The van der Waals surface area contributed by atoms with Crippen molar-refractivity contribution in [3.63, 3.8) is 0 Å². The molecule has 3 aromatic carbocycles. The lowest BCUT2D eigenvalue weighted by molar-refractivity contribution is -0.116. The van der Waals surface area contributed by atoms with Gasteiger partial charge in [-0.15, -0.1) is 0 Å². The molecule has 1 atom stereocenters. The minimum absolute atomic E-state index is 0.160. The van der Waals surface area contributed by atoms with Crippen molar-refractivity contribution in [1.29, 1.82) is 0 Å². The van der Waals surface area contributed by atoms with Crippen molar-refractivity contribution in [2.45, 2.75) is 31.8 Å². The van der Waals surface area contributed by atoms with Crippen LogP contribution in [0.4, 0.5) is 5.69 Å². The lowest BCUT2D eigenvalue weighted by atomic mass is 9.75. The highest BCUT2D eigenvalue weighted by molar-refractivity contribution is 6.01. The second-order valence-electron chi connectivity index (χ2n) is 8.36. The molecule has 0 unspecified atom stereocenters. The molecular weight excluding hydrogens is 414 g/mol. The molecule has 5 rings (SSSR count). The fraction of sp³-hybridized carbons (Fsp3) is 0.250. The van der Waals surface area contributed by atoms with E-state index in [9.17, 15) is 4.79 Å². The van der Waals surface area contributed by atoms with E-state index in [1.165, 1.54) is 0 Å². The van der Waals surface area contributed by atoms with Gasteiger partial charge in [0.25, 0.3) is 0 Å². The maximum absolute atomic E-state index is 13.0. The SMILES string of the molecule is COc1cc2c(cc1OC)[C@H](c1ccc(OCc3ccccc3)cc1)C1=C(CCCC1=O)N2. The Morgan fingerprint density at radius 2 is 1.64 bits per heavy atom. The number of nitrogens with one attached hydrogen (secondary N) is 1. The molecule has 168 valence electrons. The summed E-state index contributed by atoms with van der Waals surface area (Å²) >= 11 is 0. The summed E-state index contributed by atoms with van der Waals surface area (Å²) < 4.78 is 17.1. The zero-order valence-electron chi connectivity index (χ0n) is 18.9. The van der Waals surface area contributed by atoms with Gasteiger partial charge in [-0.2, -0.15) is 0 Å². The van der Waals surface area contributed by atoms with E-state index < -0.39 is 0 Å². The molecule has 5 heteroatoms. The molecule has 0 saturated heterocycles. The number of hydrogen-bond donors (Lipinski definition) is 1. The first-order chi connectivity index (χ1) is 16.2. The highest BCUT2D eigenvalue weighted by atomic mass is 16.5. The number of allylic oxidation sites excluding steroid dienone is 2. The quantitative estimate of drug-likeness (QED) is 0.520. The van der Waals surface area contributed by atoms with Gasteiger partial charge in [-0.25, -0.2) is 0 Å². The van der Waals surface area contributed by atoms with Crippen molar-refractivity contribution in [2.75, 3.05) is 19.5 Å². The first-order valence-corrected chi connectivity index (χ1v) is 11.2. The van der Waals surface area contributed by atoms with E-state index in [0.29, 0.717) is 24.5 Å². The van der Waals surface area contributed by atoms with E-state index in [4.69, 9.17) is 14.2 Å². The third kappa shape index (κ3) is 4.07. The standard InChI is InChI=1S/C28H27NO4/c1-31-25-15-21-23(16-26(25)32-2)29-22-9-6-10-24(30)28(22)27(21)19-11-13-20(14-12-19)33-17-18-7-4-3-5-8-18/h3-5,7-8,11-16,27,29H,6,9-10,17H2,1-2H3/t27-/m0/s1. The van der Waals surface area contributed by atoms with Crippen LogP contribution in [0.15, 0.2) is 78.0 Å². The molecule has 0 aromatic heterocycles. The topological polar surface area (TPSA) is 56.8 Å². The summed E-state index contributed by atoms with van der Waals surface area (Å²) in [4.78, 5) is 13.0. The highest BCUT2D eigenvalue weighted by Crippen LogP contribution is 2.48. The van der Waals surface area contributed by atoms with Crippen molar-refractivity contribution in [3.8, 4) is 17.2 Å². The molecule has 5 nitrogen and oxygen atoms in total. The van der Waals surface area contributed by atoms with E-state index in [2.05, 4.69) is 17.4 Å². The van der Waals surface area contributed by atoms with Gasteiger partial charge in [0, 0.05) is 35.4 Å². The summed E-state index contributed by atoms with van der Waals surface area (Å²) in [5, 5.41) is 3.50. The normalized spacial score (nSPS) is 17.0. The van der Waals surface area contributed by atoms with Crippen molar-refractivity contribution >= 4 is 11.5 Å². The average molecular weight is 442 g/mol. The number of ether oxygens (including phenoxy) is 3. The largest absolute Gasteiger partial charge is 0.493 e. The number of benzene rings is 3. The lowest BCUT2D eigenvalue weighted by Gasteiger charge is -2.34. The number of carbonyl (C=O) groups is 1. The van der Waals surface area contributed by atoms with Gasteiger partial charge in [0.15, 0.2) is 17.3 Å². The predicted octanol–water partition coefficient (Wildman–Crippen LogP) is 5.85. The molecule has 3 aromatic rings. The first kappa shape index (κ1) is 21.1. The maximum Gasteiger partial charge on any atom is 0.162 e. The number of fused-ring (bicyclic) bond motifs is 1. The lowest BCUT2D eigenvalue weighted by Crippen LogP contribution is -2.27. The van der Waals surface area contributed by atoms with E-state index in [1.807, 2.05) is 54.6 Å². The van der Waals surface area contributed by atoms with Gasteiger partial charge in [-0.05, 0) is 47.7 Å². The van der Waals surface area contributed by atoms with Crippen molar-refractivity contribution in [1.82, 2.24) is 0 Å². The molecule has 1 aliphatic carbocycles. The van der Waals surface area contributed by atoms with Gasteiger partial charge >= 0.3 is 0 Å². The molecule has 33 heavy (non-hydrogen) atoms. The van der Waals surface area contributed by atoms with Crippen LogP contribution in [0.1, 0.15) is 41.9 Å². The molecule has 1 heterocycles. The van der Waals surface area contributed by atoms with Crippen molar-refractivity contribution < 1.29 is 19.0 Å². The Hall–Kier alpha value is -3.73. The Morgan fingerprint density at radius 3 is 2.36 bits per heavy atom. The number of Topliss-reactive ketones (excluding diaryl/α,β-unsaturated/α-hetero) is 1. The van der Waals surface area contributed by atoms with Crippen LogP contribution >= 0.6 is 0 Å². The average Bonchev–Trinajstić information content (AvgIpc) is 2.86. The predicted molar refractivity (Wildman–Crippen MR) is 128 cm³/mol. The van der Waals surface area contributed by atoms with Crippen LogP contribution < -0.4 is 19.5 Å². The molecule has 2 aliphatic rings. The number of ketones is 1. The molecule has 0 saturated carbocycles. The monoisotopic (exact) mass is 441 g/mol. The summed E-state index contributed by atoms with van der Waals surface area (Å²) in [7, 11) is 3.26. The fourth-order valence-corrected chi connectivity index (χ4v) is 4.73. The van der Waals surface area contributed by atoms with Crippen LogP contribution in [-0.4, -0.2) is 20.0 Å². The van der Waals surface area contributed by atoms with Gasteiger partial charge in [0.05, 0.1) is 14.2 Å². The molecule has 0 radical (unpaired) electrons. The molecule has 0 spiro atoms. The van der Waals surface area contributed by atoms with Crippen LogP contribution in [0.3, 0.4) is 0 Å². The highest BCUT2D eigenvalue weighted by Gasteiger charge is 2.36. The number of rotatable bonds is 6. The van der Waals surface area contributed by atoms with E-state index in [1.54, 1.807) is 14.2 Å². The first-order valence-electron chi connectivity index (χ1n) is 11.2.